The maximum atomic E-state index is 12.3. The molecule has 23 heavy (non-hydrogen) atoms. The summed E-state index contributed by atoms with van der Waals surface area (Å²) in [5.41, 5.74) is 0. The Kier molecular flexibility index (Phi) is 6.88. The summed E-state index contributed by atoms with van der Waals surface area (Å²) in [7, 11) is -1.91. The van der Waals surface area contributed by atoms with E-state index in [-0.39, 0.29) is 4.90 Å². The molecule has 0 saturated carbocycles. The number of sulfonamides is 1. The van der Waals surface area contributed by atoms with Crippen molar-refractivity contribution < 1.29 is 18.1 Å². The maximum absolute atomic E-state index is 12.3. The number of piperidine rings is 1. The van der Waals surface area contributed by atoms with Gasteiger partial charge >= 0.3 is 0 Å². The first-order chi connectivity index (χ1) is 10.9. The molecule has 1 aromatic carbocycles. The standard InChI is InChI=1S/C16H25BrN2O3S/c1-13-6-10-19(11-7-13)9-3-8-18-23(20,21)14-4-5-16(22-2)15(17)12-14/h4-5,12-13,18H,3,6-11H2,1-2H3/p+1. The van der Waals surface area contributed by atoms with E-state index >= 15 is 0 Å². The van der Waals surface area contributed by atoms with Crippen molar-refractivity contribution in [1.29, 1.82) is 0 Å². The third-order valence-corrected chi connectivity index (χ3v) is 6.49. The number of rotatable bonds is 7. The van der Waals surface area contributed by atoms with Crippen LogP contribution in [0.1, 0.15) is 26.2 Å². The number of quaternary nitrogens is 1. The SMILES string of the molecule is COc1ccc(S(=O)(=O)NCCC[NH+]2CCC(C)CC2)cc1Br. The number of nitrogens with one attached hydrogen (secondary N) is 2. The Balaban J connectivity index is 1.81. The second kappa shape index (κ2) is 8.46. The third-order valence-electron chi connectivity index (χ3n) is 4.41. The average Bonchev–Trinajstić information content (AvgIpc) is 2.53. The number of likely N-dealkylation sites (tertiary alicyclic amines) is 1. The topological polar surface area (TPSA) is 59.8 Å². The summed E-state index contributed by atoms with van der Waals surface area (Å²) in [6.45, 7) is 6.23. The van der Waals surface area contributed by atoms with Crippen molar-refractivity contribution in [3.8, 4) is 5.75 Å². The lowest BCUT2D eigenvalue weighted by molar-refractivity contribution is -0.906. The number of benzene rings is 1. The summed E-state index contributed by atoms with van der Waals surface area (Å²) in [6, 6.07) is 4.78. The van der Waals surface area contributed by atoms with E-state index in [4.69, 9.17) is 4.74 Å². The Morgan fingerprint density at radius 2 is 2.04 bits per heavy atom. The molecular formula is C16H26BrN2O3S+. The lowest BCUT2D eigenvalue weighted by atomic mass is 9.99. The second-order valence-electron chi connectivity index (χ2n) is 6.23. The molecular weight excluding hydrogens is 380 g/mol. The van der Waals surface area contributed by atoms with E-state index in [2.05, 4.69) is 27.6 Å². The van der Waals surface area contributed by atoms with Crippen molar-refractivity contribution in [2.75, 3.05) is 33.3 Å². The zero-order valence-corrected chi connectivity index (χ0v) is 16.2. The Labute approximate surface area is 147 Å². The highest BCUT2D eigenvalue weighted by atomic mass is 79.9. The highest BCUT2D eigenvalue weighted by Crippen LogP contribution is 2.27. The van der Waals surface area contributed by atoms with Crippen LogP contribution in [0.25, 0.3) is 0 Å². The first-order valence-corrected chi connectivity index (χ1v) is 10.4. The highest BCUT2D eigenvalue weighted by molar-refractivity contribution is 9.10. The molecule has 1 aromatic rings. The molecule has 0 bridgehead atoms. The predicted molar refractivity (Wildman–Crippen MR) is 94.5 cm³/mol. The molecule has 7 heteroatoms. The van der Waals surface area contributed by atoms with E-state index in [0.29, 0.717) is 16.8 Å². The zero-order valence-electron chi connectivity index (χ0n) is 13.8. The van der Waals surface area contributed by atoms with Gasteiger partial charge in [-0.25, -0.2) is 13.1 Å². The smallest absolute Gasteiger partial charge is 0.240 e. The number of hydrogen-bond donors (Lipinski definition) is 2. The molecule has 1 aliphatic rings. The van der Waals surface area contributed by atoms with Crippen LogP contribution in [0.5, 0.6) is 5.75 Å². The Hall–Kier alpha value is -0.630. The van der Waals surface area contributed by atoms with Crippen molar-refractivity contribution in [2.45, 2.75) is 31.1 Å². The predicted octanol–water partition coefficient (Wildman–Crippen LogP) is 1.44. The molecule has 5 nitrogen and oxygen atoms in total. The molecule has 0 unspecified atom stereocenters. The maximum Gasteiger partial charge on any atom is 0.240 e. The molecule has 0 radical (unpaired) electrons. The van der Waals surface area contributed by atoms with Crippen LogP contribution in [-0.2, 0) is 10.0 Å². The number of ether oxygens (including phenoxy) is 1. The van der Waals surface area contributed by atoms with Gasteiger partial charge < -0.3 is 9.64 Å². The summed E-state index contributed by atoms with van der Waals surface area (Å²) in [5, 5.41) is 0. The highest BCUT2D eigenvalue weighted by Gasteiger charge is 2.19. The minimum atomic E-state index is -3.46. The lowest BCUT2D eigenvalue weighted by Crippen LogP contribution is -3.13. The number of halogens is 1. The van der Waals surface area contributed by atoms with E-state index in [1.165, 1.54) is 25.9 Å². The Morgan fingerprint density at radius 1 is 1.35 bits per heavy atom. The summed E-state index contributed by atoms with van der Waals surface area (Å²) in [4.78, 5) is 1.85. The Morgan fingerprint density at radius 3 is 2.65 bits per heavy atom. The van der Waals surface area contributed by atoms with Crippen molar-refractivity contribution in [2.24, 2.45) is 5.92 Å². The van der Waals surface area contributed by atoms with Gasteiger partial charge in [0.15, 0.2) is 0 Å². The molecule has 0 atom stereocenters. The van der Waals surface area contributed by atoms with Crippen LogP contribution in [0, 0.1) is 5.92 Å². The fourth-order valence-electron chi connectivity index (χ4n) is 2.86. The minimum Gasteiger partial charge on any atom is -0.496 e. The zero-order chi connectivity index (χ0) is 16.9. The van der Waals surface area contributed by atoms with E-state index in [1.807, 2.05) is 0 Å². The van der Waals surface area contributed by atoms with Crippen molar-refractivity contribution in [3.63, 3.8) is 0 Å². The molecule has 2 N–H and O–H groups in total. The van der Waals surface area contributed by atoms with Gasteiger partial charge in [-0.15, -0.1) is 0 Å². The van der Waals surface area contributed by atoms with Crippen LogP contribution in [-0.4, -0.2) is 41.7 Å². The summed E-state index contributed by atoms with van der Waals surface area (Å²) in [5.74, 6) is 1.46. The van der Waals surface area contributed by atoms with Gasteiger partial charge in [-0.05, 0) is 52.9 Å². The summed E-state index contributed by atoms with van der Waals surface area (Å²) >= 11 is 3.32. The molecule has 130 valence electrons. The van der Waals surface area contributed by atoms with Crippen LogP contribution in [0.2, 0.25) is 0 Å². The van der Waals surface area contributed by atoms with Gasteiger partial charge in [-0.3, -0.25) is 0 Å². The van der Waals surface area contributed by atoms with Gasteiger partial charge in [0.2, 0.25) is 10.0 Å². The fraction of sp³-hybridized carbons (Fsp3) is 0.625. The number of hydrogen-bond acceptors (Lipinski definition) is 3. The molecule has 1 heterocycles. The molecule has 1 saturated heterocycles. The van der Waals surface area contributed by atoms with Crippen LogP contribution < -0.4 is 14.4 Å². The van der Waals surface area contributed by atoms with Crippen molar-refractivity contribution in [1.82, 2.24) is 4.72 Å². The lowest BCUT2D eigenvalue weighted by Gasteiger charge is -2.27. The quantitative estimate of drug-likeness (QED) is 0.674. The first-order valence-electron chi connectivity index (χ1n) is 8.09. The van der Waals surface area contributed by atoms with E-state index in [9.17, 15) is 8.42 Å². The van der Waals surface area contributed by atoms with Crippen LogP contribution in [0.4, 0.5) is 0 Å². The molecule has 0 amide bonds. The molecule has 0 aromatic heterocycles. The van der Waals surface area contributed by atoms with E-state index < -0.39 is 10.0 Å². The van der Waals surface area contributed by atoms with Crippen LogP contribution in [0.3, 0.4) is 0 Å². The van der Waals surface area contributed by atoms with Crippen LogP contribution >= 0.6 is 15.9 Å². The van der Waals surface area contributed by atoms with E-state index in [1.54, 1.807) is 30.2 Å². The number of methoxy groups -OCH3 is 1. The Bertz CT molecular complexity index is 614. The monoisotopic (exact) mass is 405 g/mol. The molecule has 1 fully saturated rings. The van der Waals surface area contributed by atoms with Gasteiger partial charge in [-0.1, -0.05) is 6.92 Å². The first kappa shape index (κ1) is 18.7. The minimum absolute atomic E-state index is 0.254. The molecule has 0 aliphatic carbocycles. The normalized spacial score (nSPS) is 22.0. The van der Waals surface area contributed by atoms with E-state index in [0.717, 1.165) is 18.9 Å². The summed E-state index contributed by atoms with van der Waals surface area (Å²) < 4.78 is 33.0. The van der Waals surface area contributed by atoms with Crippen molar-refractivity contribution in [3.05, 3.63) is 22.7 Å². The fourth-order valence-corrected chi connectivity index (χ4v) is 4.66. The third kappa shape index (κ3) is 5.45. The van der Waals surface area contributed by atoms with Gasteiger partial charge in [0.25, 0.3) is 0 Å². The van der Waals surface area contributed by atoms with Gasteiger partial charge in [0, 0.05) is 13.0 Å². The largest absolute Gasteiger partial charge is 0.496 e. The average molecular weight is 406 g/mol. The summed E-state index contributed by atoms with van der Waals surface area (Å²) in [6.07, 6.45) is 3.42. The molecule has 2 rings (SSSR count). The molecule has 1 aliphatic heterocycles. The van der Waals surface area contributed by atoms with Gasteiger partial charge in [0.05, 0.1) is 36.1 Å². The van der Waals surface area contributed by atoms with Crippen LogP contribution in [0.15, 0.2) is 27.6 Å². The van der Waals surface area contributed by atoms with Gasteiger partial charge in [-0.2, -0.15) is 0 Å². The molecule has 0 spiro atoms. The second-order valence-corrected chi connectivity index (χ2v) is 8.85. The van der Waals surface area contributed by atoms with Crippen molar-refractivity contribution >= 4 is 26.0 Å². The van der Waals surface area contributed by atoms with Gasteiger partial charge in [0.1, 0.15) is 5.75 Å².